The van der Waals surface area contributed by atoms with Crippen molar-refractivity contribution in [2.24, 2.45) is 0 Å². The van der Waals surface area contributed by atoms with Crippen LogP contribution < -0.4 is 5.32 Å². The van der Waals surface area contributed by atoms with Gasteiger partial charge in [0.25, 0.3) is 11.8 Å². The molecule has 1 N–H and O–H groups in total. The van der Waals surface area contributed by atoms with Crippen molar-refractivity contribution in [3.63, 3.8) is 0 Å². The normalized spacial score (nSPS) is 16.0. The molecule has 0 unspecified atom stereocenters. The van der Waals surface area contributed by atoms with E-state index in [-0.39, 0.29) is 17.2 Å². The first kappa shape index (κ1) is 18.8. The number of aromatic nitrogens is 1. The highest BCUT2D eigenvalue weighted by Gasteiger charge is 2.32. The third-order valence-electron chi connectivity index (χ3n) is 4.56. The molecule has 1 aromatic carbocycles. The summed E-state index contributed by atoms with van der Waals surface area (Å²) < 4.78 is 2.10. The second kappa shape index (κ2) is 7.32. The molecule has 6 heteroatoms. The maximum Gasteiger partial charge on any atom is 0.265 e. The predicted molar refractivity (Wildman–Crippen MR) is 111 cm³/mol. The number of benzene rings is 1. The zero-order valence-corrected chi connectivity index (χ0v) is 16.4. The van der Waals surface area contributed by atoms with E-state index in [1.54, 1.807) is 12.2 Å². The molecule has 1 aromatic heterocycles. The van der Waals surface area contributed by atoms with E-state index in [4.69, 9.17) is 12.2 Å². The van der Waals surface area contributed by atoms with E-state index in [1.807, 2.05) is 26.8 Å². The van der Waals surface area contributed by atoms with Gasteiger partial charge in [0.05, 0.1) is 0 Å². The van der Waals surface area contributed by atoms with Crippen LogP contribution in [0.4, 0.5) is 0 Å². The van der Waals surface area contributed by atoms with Crippen molar-refractivity contribution in [2.75, 3.05) is 6.54 Å². The van der Waals surface area contributed by atoms with Crippen LogP contribution in [0.15, 0.2) is 48.6 Å². The average molecular weight is 379 g/mol. The minimum Gasteiger partial charge on any atom is -0.318 e. The summed E-state index contributed by atoms with van der Waals surface area (Å²) in [6.45, 7) is 9.89. The summed E-state index contributed by atoms with van der Waals surface area (Å²) in [7, 11) is 0. The zero-order chi connectivity index (χ0) is 19.7. The minimum absolute atomic E-state index is 0.0645. The molecule has 0 aliphatic carbocycles. The maximum absolute atomic E-state index is 12.7. The molecule has 2 amide bonds. The number of thiocarbonyl (C=S) groups is 1. The summed E-state index contributed by atoms with van der Waals surface area (Å²) >= 11 is 5.08. The number of aryl methyl sites for hydroxylation is 2. The minimum atomic E-state index is -0.481. The largest absolute Gasteiger partial charge is 0.318 e. The van der Waals surface area contributed by atoms with Gasteiger partial charge in [-0.25, -0.2) is 0 Å². The molecular weight excluding hydrogens is 358 g/mol. The highest BCUT2D eigenvalue weighted by atomic mass is 32.1. The Morgan fingerprint density at radius 3 is 2.44 bits per heavy atom. The molecule has 2 aromatic rings. The summed E-state index contributed by atoms with van der Waals surface area (Å²) in [5, 5.41) is 2.67. The molecule has 27 heavy (non-hydrogen) atoms. The number of amides is 2. The molecule has 0 radical (unpaired) electrons. The average Bonchev–Trinajstić information content (AvgIpc) is 2.90. The Labute approximate surface area is 164 Å². The number of rotatable bonds is 4. The third-order valence-corrected chi connectivity index (χ3v) is 4.88. The van der Waals surface area contributed by atoms with Gasteiger partial charge in [0.15, 0.2) is 5.11 Å². The van der Waals surface area contributed by atoms with Crippen LogP contribution in [0.1, 0.15) is 22.5 Å². The quantitative estimate of drug-likeness (QED) is 0.384. The maximum atomic E-state index is 12.7. The van der Waals surface area contributed by atoms with E-state index in [2.05, 4.69) is 40.7 Å². The number of carbonyl (C=O) groups excluding carboxylic acids is 2. The lowest BCUT2D eigenvalue weighted by atomic mass is 10.1. The van der Waals surface area contributed by atoms with Crippen LogP contribution >= 0.6 is 12.2 Å². The van der Waals surface area contributed by atoms with Gasteiger partial charge in [-0.2, -0.15) is 0 Å². The number of carbonyl (C=O) groups is 2. The van der Waals surface area contributed by atoms with Gasteiger partial charge in [-0.05, 0) is 62.8 Å². The fourth-order valence-electron chi connectivity index (χ4n) is 3.17. The van der Waals surface area contributed by atoms with Crippen LogP contribution in [0, 0.1) is 20.8 Å². The number of hydrogen-bond donors (Lipinski definition) is 1. The standard InChI is InChI=1S/C21H21N3O2S/c1-5-10-23-20(26)18(19(25)22-21(23)27)12-16-11-14(3)24(15(16)4)17-8-6-13(2)7-9-17/h5-9,11-12H,1,10H2,2-4H3,(H,22,25,27)/b18-12-. The Bertz CT molecular complexity index is 984. The van der Waals surface area contributed by atoms with Crippen molar-refractivity contribution in [3.8, 4) is 5.69 Å². The van der Waals surface area contributed by atoms with Gasteiger partial charge >= 0.3 is 0 Å². The van der Waals surface area contributed by atoms with Crippen LogP contribution in [0.2, 0.25) is 0 Å². The monoisotopic (exact) mass is 379 g/mol. The fraction of sp³-hybridized carbons (Fsp3) is 0.190. The Morgan fingerprint density at radius 1 is 1.15 bits per heavy atom. The van der Waals surface area contributed by atoms with Crippen molar-refractivity contribution < 1.29 is 9.59 Å². The highest BCUT2D eigenvalue weighted by molar-refractivity contribution is 7.80. The van der Waals surface area contributed by atoms with E-state index < -0.39 is 11.8 Å². The SMILES string of the molecule is C=CCN1C(=O)/C(=C\c2cc(C)n(-c3ccc(C)cc3)c2C)C(=O)NC1=S. The second-order valence-corrected chi connectivity index (χ2v) is 6.91. The van der Waals surface area contributed by atoms with E-state index in [1.165, 1.54) is 10.5 Å². The highest BCUT2D eigenvalue weighted by Crippen LogP contribution is 2.24. The van der Waals surface area contributed by atoms with Crippen molar-refractivity contribution in [2.45, 2.75) is 20.8 Å². The van der Waals surface area contributed by atoms with Crippen LogP contribution in [0.25, 0.3) is 11.8 Å². The Kier molecular flexibility index (Phi) is 5.10. The van der Waals surface area contributed by atoms with Gasteiger partial charge in [-0.1, -0.05) is 23.8 Å². The molecule has 1 aliphatic rings. The topological polar surface area (TPSA) is 54.3 Å². The third kappa shape index (κ3) is 3.48. The van der Waals surface area contributed by atoms with E-state index in [0.29, 0.717) is 0 Å². The number of nitrogens with one attached hydrogen (secondary N) is 1. The summed E-state index contributed by atoms with van der Waals surface area (Å²) in [6, 6.07) is 10.2. The van der Waals surface area contributed by atoms with Crippen molar-refractivity contribution in [1.82, 2.24) is 14.8 Å². The van der Waals surface area contributed by atoms with E-state index in [0.717, 1.165) is 22.6 Å². The molecule has 3 rings (SSSR count). The van der Waals surface area contributed by atoms with Gasteiger partial charge in [-0.3, -0.25) is 19.8 Å². The van der Waals surface area contributed by atoms with Crippen LogP contribution in [-0.4, -0.2) is 32.9 Å². The molecule has 2 heterocycles. The van der Waals surface area contributed by atoms with Crippen LogP contribution in [0.5, 0.6) is 0 Å². The fourth-order valence-corrected chi connectivity index (χ4v) is 3.42. The van der Waals surface area contributed by atoms with Gasteiger partial charge in [0.2, 0.25) is 0 Å². The molecular formula is C21H21N3O2S. The lowest BCUT2D eigenvalue weighted by Crippen LogP contribution is -2.53. The predicted octanol–water partition coefficient (Wildman–Crippen LogP) is 3.22. The van der Waals surface area contributed by atoms with Gasteiger partial charge in [0.1, 0.15) is 5.57 Å². The van der Waals surface area contributed by atoms with Gasteiger partial charge < -0.3 is 4.57 Å². The lowest BCUT2D eigenvalue weighted by molar-refractivity contribution is -0.128. The molecule has 5 nitrogen and oxygen atoms in total. The molecule has 1 saturated heterocycles. The zero-order valence-electron chi connectivity index (χ0n) is 15.6. The summed E-state index contributed by atoms with van der Waals surface area (Å²) in [4.78, 5) is 26.4. The molecule has 1 fully saturated rings. The Morgan fingerprint density at radius 2 is 1.81 bits per heavy atom. The van der Waals surface area contributed by atoms with Gasteiger partial charge in [0, 0.05) is 23.6 Å². The Balaban J connectivity index is 2.04. The number of nitrogens with zero attached hydrogens (tertiary/aromatic N) is 2. The first-order valence-electron chi connectivity index (χ1n) is 8.59. The van der Waals surface area contributed by atoms with Crippen LogP contribution in [0.3, 0.4) is 0 Å². The van der Waals surface area contributed by atoms with Crippen molar-refractivity contribution >= 4 is 35.2 Å². The van der Waals surface area contributed by atoms with E-state index >= 15 is 0 Å². The summed E-state index contributed by atoms with van der Waals surface area (Å²) in [6.07, 6.45) is 3.20. The molecule has 1 aliphatic heterocycles. The molecule has 0 saturated carbocycles. The van der Waals surface area contributed by atoms with Crippen LogP contribution in [-0.2, 0) is 9.59 Å². The molecule has 138 valence electrons. The molecule has 0 bridgehead atoms. The summed E-state index contributed by atoms with van der Waals surface area (Å²) in [5.74, 6) is -0.894. The van der Waals surface area contributed by atoms with Crippen molar-refractivity contribution in [1.29, 1.82) is 0 Å². The second-order valence-electron chi connectivity index (χ2n) is 6.52. The van der Waals surface area contributed by atoms with Gasteiger partial charge in [-0.15, -0.1) is 6.58 Å². The van der Waals surface area contributed by atoms with E-state index in [9.17, 15) is 9.59 Å². The molecule has 0 spiro atoms. The van der Waals surface area contributed by atoms with Crippen molar-refractivity contribution in [3.05, 3.63) is 71.1 Å². The molecule has 0 atom stereocenters. The Hall–Kier alpha value is -2.99. The lowest BCUT2D eigenvalue weighted by Gasteiger charge is -2.27. The first-order chi connectivity index (χ1) is 12.8. The first-order valence-corrected chi connectivity index (χ1v) is 9.00. The smallest absolute Gasteiger partial charge is 0.265 e. The number of hydrogen-bond acceptors (Lipinski definition) is 3. The summed E-state index contributed by atoms with van der Waals surface area (Å²) in [5.41, 5.74) is 5.08.